The predicted octanol–water partition coefficient (Wildman–Crippen LogP) is 3.06. The van der Waals surface area contributed by atoms with Gasteiger partial charge in [-0.3, -0.25) is 0 Å². The van der Waals surface area contributed by atoms with Crippen LogP contribution < -0.4 is 0 Å². The normalized spacial score (nSPS) is 10.2. The van der Waals surface area contributed by atoms with E-state index in [1.165, 1.54) is 12.1 Å². The van der Waals surface area contributed by atoms with Crippen LogP contribution in [0.2, 0.25) is 0 Å². The summed E-state index contributed by atoms with van der Waals surface area (Å²) in [5.41, 5.74) is 2.68. The quantitative estimate of drug-likeness (QED) is 0.885. The summed E-state index contributed by atoms with van der Waals surface area (Å²) in [6, 6.07) is 11.5. The molecule has 2 N–H and O–H groups in total. The maximum Gasteiger partial charge on any atom is 0.335 e. The maximum absolute atomic E-state index is 11.1. The number of carboxylic acids is 2. The number of hydrogen-bond acceptors (Lipinski definition) is 2. The van der Waals surface area contributed by atoms with Crippen molar-refractivity contribution >= 4 is 11.9 Å². The van der Waals surface area contributed by atoms with E-state index >= 15 is 0 Å². The number of carboxylic acid groups (broad SMARTS) is 2. The fourth-order valence-electron chi connectivity index (χ4n) is 1.84. The molecule has 0 radical (unpaired) electrons. The van der Waals surface area contributed by atoms with Crippen molar-refractivity contribution < 1.29 is 19.8 Å². The van der Waals surface area contributed by atoms with Crippen molar-refractivity contribution in [3.05, 3.63) is 59.2 Å². The van der Waals surface area contributed by atoms with Crippen LogP contribution in [0.5, 0.6) is 0 Å². The molecule has 0 saturated carbocycles. The SMILES string of the molecule is Cc1ccc(-c2ccc(C(=O)O)cc2)cc1C(=O)O. The molecule has 0 bridgehead atoms. The third-order valence-electron chi connectivity index (χ3n) is 2.93. The van der Waals surface area contributed by atoms with E-state index in [9.17, 15) is 9.59 Å². The molecular formula is C15H12O4. The van der Waals surface area contributed by atoms with Crippen molar-refractivity contribution in [2.75, 3.05) is 0 Å². The summed E-state index contributed by atoms with van der Waals surface area (Å²) in [5, 5.41) is 17.9. The Kier molecular flexibility index (Phi) is 3.33. The molecule has 0 heterocycles. The lowest BCUT2D eigenvalue weighted by Gasteiger charge is -2.06. The third-order valence-corrected chi connectivity index (χ3v) is 2.93. The number of aromatic carboxylic acids is 2. The molecule has 4 nitrogen and oxygen atoms in total. The number of carbonyl (C=O) groups is 2. The smallest absolute Gasteiger partial charge is 0.335 e. The topological polar surface area (TPSA) is 74.6 Å². The van der Waals surface area contributed by atoms with Gasteiger partial charge in [-0.2, -0.15) is 0 Å². The Bertz CT molecular complexity index is 642. The lowest BCUT2D eigenvalue weighted by atomic mass is 9.99. The summed E-state index contributed by atoms with van der Waals surface area (Å²) in [6.45, 7) is 1.74. The van der Waals surface area contributed by atoms with Crippen molar-refractivity contribution in [2.24, 2.45) is 0 Å². The molecule has 0 amide bonds. The van der Waals surface area contributed by atoms with Gasteiger partial charge in [-0.1, -0.05) is 24.3 Å². The zero-order valence-corrected chi connectivity index (χ0v) is 10.3. The first-order valence-electron chi connectivity index (χ1n) is 5.66. The second-order valence-corrected chi connectivity index (χ2v) is 4.22. The Labute approximate surface area is 109 Å². The minimum atomic E-state index is -0.985. The zero-order valence-electron chi connectivity index (χ0n) is 10.3. The van der Waals surface area contributed by atoms with Gasteiger partial charge in [-0.25, -0.2) is 9.59 Å². The van der Waals surface area contributed by atoms with Crippen LogP contribution in [0.3, 0.4) is 0 Å². The van der Waals surface area contributed by atoms with E-state index in [1.807, 2.05) is 6.07 Å². The highest BCUT2D eigenvalue weighted by Crippen LogP contribution is 2.23. The Balaban J connectivity index is 2.44. The summed E-state index contributed by atoms with van der Waals surface area (Å²) in [6.07, 6.45) is 0. The lowest BCUT2D eigenvalue weighted by Crippen LogP contribution is -2.00. The van der Waals surface area contributed by atoms with Crippen LogP contribution >= 0.6 is 0 Å². The molecule has 2 aromatic carbocycles. The van der Waals surface area contributed by atoms with Crippen molar-refractivity contribution in [2.45, 2.75) is 6.92 Å². The van der Waals surface area contributed by atoms with E-state index in [4.69, 9.17) is 10.2 Å². The number of rotatable bonds is 3. The minimum Gasteiger partial charge on any atom is -0.478 e. The summed E-state index contributed by atoms with van der Waals surface area (Å²) in [4.78, 5) is 21.8. The second kappa shape index (κ2) is 4.94. The molecular weight excluding hydrogens is 244 g/mol. The number of benzene rings is 2. The third kappa shape index (κ3) is 2.63. The van der Waals surface area contributed by atoms with Crippen LogP contribution in [-0.2, 0) is 0 Å². The first kappa shape index (κ1) is 12.8. The molecule has 2 aromatic rings. The molecule has 0 fully saturated rings. The molecule has 2 rings (SSSR count). The Morgan fingerprint density at radius 2 is 1.42 bits per heavy atom. The standard InChI is InChI=1S/C15H12O4/c1-9-2-3-12(8-13(9)15(18)19)10-4-6-11(7-5-10)14(16)17/h2-8H,1H3,(H,16,17)(H,18,19). The van der Waals surface area contributed by atoms with Gasteiger partial charge in [0.05, 0.1) is 11.1 Å². The summed E-state index contributed by atoms with van der Waals surface area (Å²) < 4.78 is 0. The van der Waals surface area contributed by atoms with Crippen LogP contribution in [0.15, 0.2) is 42.5 Å². The molecule has 0 spiro atoms. The Morgan fingerprint density at radius 3 is 1.95 bits per heavy atom. The summed E-state index contributed by atoms with van der Waals surface area (Å²) in [5.74, 6) is -1.96. The van der Waals surface area contributed by atoms with E-state index in [-0.39, 0.29) is 11.1 Å². The number of hydrogen-bond donors (Lipinski definition) is 2. The fourth-order valence-corrected chi connectivity index (χ4v) is 1.84. The molecule has 4 heteroatoms. The summed E-state index contributed by atoms with van der Waals surface area (Å²) >= 11 is 0. The first-order chi connectivity index (χ1) is 8.99. The van der Waals surface area contributed by atoms with Crippen molar-refractivity contribution in [3.63, 3.8) is 0 Å². The van der Waals surface area contributed by atoms with Gasteiger partial charge in [0.15, 0.2) is 0 Å². The second-order valence-electron chi connectivity index (χ2n) is 4.22. The van der Waals surface area contributed by atoms with Crippen LogP contribution in [0.4, 0.5) is 0 Å². The Morgan fingerprint density at radius 1 is 0.842 bits per heavy atom. The van der Waals surface area contributed by atoms with Crippen LogP contribution in [0.25, 0.3) is 11.1 Å². The van der Waals surface area contributed by atoms with Gasteiger partial charge in [0.25, 0.3) is 0 Å². The summed E-state index contributed by atoms with van der Waals surface area (Å²) in [7, 11) is 0. The van der Waals surface area contributed by atoms with E-state index in [1.54, 1.807) is 31.2 Å². The molecule has 0 aromatic heterocycles. The van der Waals surface area contributed by atoms with Crippen LogP contribution in [-0.4, -0.2) is 22.2 Å². The van der Waals surface area contributed by atoms with Gasteiger partial charge in [0, 0.05) is 0 Å². The van der Waals surface area contributed by atoms with Crippen molar-refractivity contribution in [1.29, 1.82) is 0 Å². The van der Waals surface area contributed by atoms with E-state index in [0.29, 0.717) is 5.56 Å². The Hall–Kier alpha value is -2.62. The largest absolute Gasteiger partial charge is 0.478 e. The molecule has 19 heavy (non-hydrogen) atoms. The highest BCUT2D eigenvalue weighted by atomic mass is 16.4. The van der Waals surface area contributed by atoms with E-state index < -0.39 is 11.9 Å². The molecule has 0 aliphatic heterocycles. The molecule has 0 aliphatic carbocycles. The fraction of sp³-hybridized carbons (Fsp3) is 0.0667. The maximum atomic E-state index is 11.1. The zero-order chi connectivity index (χ0) is 14.0. The molecule has 0 unspecified atom stereocenters. The van der Waals surface area contributed by atoms with Crippen molar-refractivity contribution in [1.82, 2.24) is 0 Å². The van der Waals surface area contributed by atoms with Gasteiger partial charge in [-0.15, -0.1) is 0 Å². The molecule has 0 aliphatic rings. The molecule has 0 atom stereocenters. The monoisotopic (exact) mass is 256 g/mol. The van der Waals surface area contributed by atoms with Gasteiger partial charge in [0.2, 0.25) is 0 Å². The molecule has 96 valence electrons. The van der Waals surface area contributed by atoms with Gasteiger partial charge in [0.1, 0.15) is 0 Å². The van der Waals surface area contributed by atoms with Gasteiger partial charge in [-0.05, 0) is 41.8 Å². The predicted molar refractivity (Wildman–Crippen MR) is 70.5 cm³/mol. The lowest BCUT2D eigenvalue weighted by molar-refractivity contribution is 0.0685. The average molecular weight is 256 g/mol. The number of aryl methyl sites for hydroxylation is 1. The molecule has 0 saturated heterocycles. The average Bonchev–Trinajstić information content (AvgIpc) is 2.39. The van der Waals surface area contributed by atoms with E-state index in [0.717, 1.165) is 11.1 Å². The van der Waals surface area contributed by atoms with Crippen LogP contribution in [0, 0.1) is 6.92 Å². The van der Waals surface area contributed by atoms with E-state index in [2.05, 4.69) is 0 Å². The van der Waals surface area contributed by atoms with Crippen LogP contribution in [0.1, 0.15) is 26.3 Å². The highest BCUT2D eigenvalue weighted by Gasteiger charge is 2.09. The minimum absolute atomic E-state index is 0.203. The van der Waals surface area contributed by atoms with Gasteiger partial charge >= 0.3 is 11.9 Å². The first-order valence-corrected chi connectivity index (χ1v) is 5.66. The van der Waals surface area contributed by atoms with Gasteiger partial charge < -0.3 is 10.2 Å². The highest BCUT2D eigenvalue weighted by molar-refractivity contribution is 5.91. The van der Waals surface area contributed by atoms with Crippen molar-refractivity contribution in [3.8, 4) is 11.1 Å².